The number of hydrogen-bond acceptors (Lipinski definition) is 7. The number of methoxy groups -OCH3 is 2. The minimum atomic E-state index is -0.829. The summed E-state index contributed by atoms with van der Waals surface area (Å²) in [5.41, 5.74) is 0.00914. The van der Waals surface area contributed by atoms with Crippen molar-refractivity contribution in [3.63, 3.8) is 0 Å². The number of nitrogens with zero attached hydrogens (tertiary/aromatic N) is 3. The van der Waals surface area contributed by atoms with E-state index in [0.717, 1.165) is 19.3 Å². The Balaban J connectivity index is 1.73. The molecule has 1 N–H and O–H groups in total. The van der Waals surface area contributed by atoms with Crippen LogP contribution >= 0.6 is 11.8 Å². The number of rotatable bonds is 7. The monoisotopic (exact) mass is 492 g/mol. The van der Waals surface area contributed by atoms with E-state index in [9.17, 15) is 14.9 Å². The standard InChI is InChI=1S/C26H28N4O4S/c1-17(23(31)29-26(16-27)13-7-4-8-14-26)35-25-28-20-10-6-5-9-19(20)24(32)30(25)18-11-12-21(33-2)22(15-18)34-3/h5-6,9-12,15,17H,4,7-8,13-14H2,1-3H3,(H,29,31). The van der Waals surface area contributed by atoms with Crippen LogP contribution in [0.4, 0.5) is 0 Å². The molecule has 0 bridgehead atoms. The maximum atomic E-state index is 13.6. The summed E-state index contributed by atoms with van der Waals surface area (Å²) in [5, 5.41) is 13.0. The molecule has 3 aromatic rings. The van der Waals surface area contributed by atoms with Crippen LogP contribution in [0.5, 0.6) is 11.5 Å². The number of aromatic nitrogens is 2. The molecule has 4 rings (SSSR count). The molecule has 1 aliphatic carbocycles. The quantitative estimate of drug-likeness (QED) is 0.389. The maximum absolute atomic E-state index is 13.6. The third kappa shape index (κ3) is 4.98. The first-order valence-electron chi connectivity index (χ1n) is 11.6. The van der Waals surface area contributed by atoms with E-state index in [-0.39, 0.29) is 11.5 Å². The van der Waals surface area contributed by atoms with Crippen LogP contribution < -0.4 is 20.3 Å². The summed E-state index contributed by atoms with van der Waals surface area (Å²) in [6.07, 6.45) is 4.21. The summed E-state index contributed by atoms with van der Waals surface area (Å²) in [6.45, 7) is 1.76. The van der Waals surface area contributed by atoms with Crippen molar-refractivity contribution >= 4 is 28.6 Å². The number of hydrogen-bond donors (Lipinski definition) is 1. The van der Waals surface area contributed by atoms with Crippen molar-refractivity contribution < 1.29 is 14.3 Å². The van der Waals surface area contributed by atoms with Crippen LogP contribution in [0.1, 0.15) is 39.0 Å². The van der Waals surface area contributed by atoms with Gasteiger partial charge in [-0.3, -0.25) is 14.2 Å². The third-order valence-corrected chi connectivity index (χ3v) is 7.36. The third-order valence-electron chi connectivity index (χ3n) is 6.31. The van der Waals surface area contributed by atoms with Crippen LogP contribution in [0, 0.1) is 11.3 Å². The second kappa shape index (κ2) is 10.4. The first-order chi connectivity index (χ1) is 16.9. The van der Waals surface area contributed by atoms with Gasteiger partial charge in [-0.2, -0.15) is 5.26 Å². The van der Waals surface area contributed by atoms with E-state index >= 15 is 0 Å². The number of carbonyl (C=O) groups excluding carboxylic acids is 1. The number of nitrogens with one attached hydrogen (secondary N) is 1. The lowest BCUT2D eigenvalue weighted by molar-refractivity contribution is -0.121. The van der Waals surface area contributed by atoms with Gasteiger partial charge < -0.3 is 14.8 Å². The zero-order valence-corrected chi connectivity index (χ0v) is 20.9. The number of fused-ring (bicyclic) bond motifs is 1. The van der Waals surface area contributed by atoms with Crippen LogP contribution in [-0.2, 0) is 4.79 Å². The lowest BCUT2D eigenvalue weighted by atomic mass is 9.83. The summed E-state index contributed by atoms with van der Waals surface area (Å²) in [4.78, 5) is 31.4. The van der Waals surface area contributed by atoms with Crippen molar-refractivity contribution in [2.75, 3.05) is 14.2 Å². The Hall–Kier alpha value is -3.51. The van der Waals surface area contributed by atoms with Crippen LogP contribution in [-0.4, -0.2) is 40.5 Å². The van der Waals surface area contributed by atoms with Gasteiger partial charge in [-0.25, -0.2) is 4.98 Å². The number of thioether (sulfide) groups is 1. The van der Waals surface area contributed by atoms with Crippen molar-refractivity contribution in [1.82, 2.24) is 14.9 Å². The molecule has 35 heavy (non-hydrogen) atoms. The summed E-state index contributed by atoms with van der Waals surface area (Å²) in [7, 11) is 3.07. The fourth-order valence-electron chi connectivity index (χ4n) is 4.35. The molecule has 1 fully saturated rings. The zero-order valence-electron chi connectivity index (χ0n) is 20.0. The Morgan fingerprint density at radius 2 is 1.86 bits per heavy atom. The van der Waals surface area contributed by atoms with E-state index in [1.165, 1.54) is 23.4 Å². The normalized spacial score (nSPS) is 15.7. The van der Waals surface area contributed by atoms with Gasteiger partial charge in [0.25, 0.3) is 5.56 Å². The Kier molecular flexibility index (Phi) is 7.31. The van der Waals surface area contributed by atoms with Gasteiger partial charge in [-0.15, -0.1) is 0 Å². The van der Waals surface area contributed by atoms with E-state index in [1.807, 2.05) is 6.07 Å². The average molecular weight is 493 g/mol. The molecule has 2 aromatic carbocycles. The Morgan fingerprint density at radius 3 is 2.54 bits per heavy atom. The van der Waals surface area contributed by atoms with Gasteiger partial charge in [-0.05, 0) is 44.0 Å². The first kappa shape index (κ1) is 24.6. The predicted octanol–water partition coefficient (Wildman–Crippen LogP) is 4.23. The van der Waals surface area contributed by atoms with Crippen LogP contribution in [0.15, 0.2) is 52.4 Å². The smallest absolute Gasteiger partial charge is 0.266 e. The Morgan fingerprint density at radius 1 is 1.14 bits per heavy atom. The van der Waals surface area contributed by atoms with Gasteiger partial charge in [-0.1, -0.05) is 43.2 Å². The fraction of sp³-hybridized carbons (Fsp3) is 0.385. The molecule has 9 heteroatoms. The van der Waals surface area contributed by atoms with Crippen LogP contribution in [0.25, 0.3) is 16.6 Å². The molecule has 1 aromatic heterocycles. The van der Waals surface area contributed by atoms with Crippen molar-refractivity contribution in [3.8, 4) is 23.3 Å². The molecule has 1 heterocycles. The lowest BCUT2D eigenvalue weighted by Gasteiger charge is -2.32. The zero-order chi connectivity index (χ0) is 25.0. The first-order valence-corrected chi connectivity index (χ1v) is 12.4. The fourth-order valence-corrected chi connectivity index (χ4v) is 5.28. The van der Waals surface area contributed by atoms with E-state index in [4.69, 9.17) is 14.5 Å². The molecule has 0 aliphatic heterocycles. The van der Waals surface area contributed by atoms with Gasteiger partial charge in [0.15, 0.2) is 16.7 Å². The molecular weight excluding hydrogens is 464 g/mol. The van der Waals surface area contributed by atoms with Crippen LogP contribution in [0.2, 0.25) is 0 Å². The Labute approximate surface area is 208 Å². The highest BCUT2D eigenvalue weighted by Gasteiger charge is 2.35. The number of benzene rings is 2. The molecule has 1 unspecified atom stereocenters. The van der Waals surface area contributed by atoms with Crippen molar-refractivity contribution in [1.29, 1.82) is 5.26 Å². The summed E-state index contributed by atoms with van der Waals surface area (Å²) in [5.74, 6) is 0.758. The summed E-state index contributed by atoms with van der Waals surface area (Å²) in [6, 6.07) is 14.6. The minimum Gasteiger partial charge on any atom is -0.493 e. The summed E-state index contributed by atoms with van der Waals surface area (Å²) < 4.78 is 12.2. The van der Waals surface area contributed by atoms with Gasteiger partial charge in [0.1, 0.15) is 5.54 Å². The largest absolute Gasteiger partial charge is 0.493 e. The molecule has 0 radical (unpaired) electrons. The SMILES string of the molecule is COc1ccc(-n2c(SC(C)C(=O)NC3(C#N)CCCCC3)nc3ccccc3c2=O)cc1OC. The van der Waals surface area contributed by atoms with E-state index in [0.29, 0.717) is 46.1 Å². The minimum absolute atomic E-state index is 0.250. The predicted molar refractivity (Wildman–Crippen MR) is 135 cm³/mol. The molecule has 1 saturated carbocycles. The number of ether oxygens (including phenoxy) is 2. The maximum Gasteiger partial charge on any atom is 0.266 e. The van der Waals surface area contributed by atoms with Crippen molar-refractivity contribution in [2.45, 2.75) is 55.0 Å². The van der Waals surface area contributed by atoms with Crippen LogP contribution in [0.3, 0.4) is 0 Å². The summed E-state index contributed by atoms with van der Waals surface area (Å²) >= 11 is 1.18. The molecule has 0 spiro atoms. The van der Waals surface area contributed by atoms with Gasteiger partial charge in [0.05, 0.1) is 42.1 Å². The highest BCUT2D eigenvalue weighted by Crippen LogP contribution is 2.32. The molecule has 1 amide bonds. The number of carbonyl (C=O) groups is 1. The molecule has 0 saturated heterocycles. The van der Waals surface area contributed by atoms with E-state index < -0.39 is 10.8 Å². The van der Waals surface area contributed by atoms with Gasteiger partial charge in [0.2, 0.25) is 5.91 Å². The second-order valence-corrected chi connectivity index (χ2v) is 9.90. The second-order valence-electron chi connectivity index (χ2n) is 8.60. The molecule has 182 valence electrons. The molecule has 1 aliphatic rings. The molecule has 1 atom stereocenters. The van der Waals surface area contributed by atoms with E-state index in [2.05, 4.69) is 11.4 Å². The van der Waals surface area contributed by atoms with Crippen molar-refractivity contribution in [2.24, 2.45) is 0 Å². The Bertz CT molecular complexity index is 1340. The average Bonchev–Trinajstić information content (AvgIpc) is 2.89. The lowest BCUT2D eigenvalue weighted by Crippen LogP contribution is -2.51. The van der Waals surface area contributed by atoms with E-state index in [1.54, 1.807) is 50.4 Å². The molecule has 8 nitrogen and oxygen atoms in total. The topological polar surface area (TPSA) is 106 Å². The van der Waals surface area contributed by atoms with Gasteiger partial charge >= 0.3 is 0 Å². The number of para-hydroxylation sites is 1. The number of nitriles is 1. The van der Waals surface area contributed by atoms with Crippen molar-refractivity contribution in [3.05, 3.63) is 52.8 Å². The molecular formula is C26H28N4O4S. The highest BCUT2D eigenvalue weighted by molar-refractivity contribution is 8.00. The van der Waals surface area contributed by atoms with Gasteiger partial charge in [0, 0.05) is 6.07 Å². The number of amides is 1. The highest BCUT2D eigenvalue weighted by atomic mass is 32.2.